The zero-order valence-corrected chi connectivity index (χ0v) is 11.7. The number of ketones is 1. The third-order valence-corrected chi connectivity index (χ3v) is 4.03. The fraction of sp³-hybridized carbons (Fsp3) is 0.562. The Kier molecular flexibility index (Phi) is 2.90. The summed E-state index contributed by atoms with van der Waals surface area (Å²) in [4.78, 5) is 12.4. The average Bonchev–Trinajstić information content (AvgIpc) is 2.28. The Hall–Kier alpha value is -1.35. The van der Waals surface area contributed by atoms with Gasteiger partial charge in [0.2, 0.25) is 0 Å². The Bertz CT molecular complexity index is 511. The van der Waals surface area contributed by atoms with E-state index < -0.39 is 0 Å². The van der Waals surface area contributed by atoms with Crippen molar-refractivity contribution in [3.05, 3.63) is 29.3 Å². The van der Waals surface area contributed by atoms with Crippen LogP contribution in [-0.4, -0.2) is 23.6 Å². The zero-order valence-electron chi connectivity index (χ0n) is 11.7. The molecule has 3 heteroatoms. The van der Waals surface area contributed by atoms with E-state index in [9.17, 15) is 4.79 Å². The predicted octanol–water partition coefficient (Wildman–Crippen LogP) is 3.29. The number of ether oxygens (including phenoxy) is 2. The lowest BCUT2D eigenvalue weighted by Gasteiger charge is -2.45. The Balaban J connectivity index is 1.96. The van der Waals surface area contributed by atoms with Crippen molar-refractivity contribution in [3.63, 3.8) is 0 Å². The summed E-state index contributed by atoms with van der Waals surface area (Å²) in [5, 5.41) is 0. The lowest BCUT2D eigenvalue weighted by atomic mass is 9.80. The molecule has 1 spiro atoms. The van der Waals surface area contributed by atoms with E-state index in [1.807, 2.05) is 25.1 Å². The van der Waals surface area contributed by atoms with Crippen molar-refractivity contribution in [2.24, 2.45) is 0 Å². The first-order valence-corrected chi connectivity index (χ1v) is 6.96. The van der Waals surface area contributed by atoms with E-state index in [0.717, 1.165) is 29.7 Å². The molecule has 2 heterocycles. The molecule has 0 N–H and O–H groups in total. The van der Waals surface area contributed by atoms with E-state index in [-0.39, 0.29) is 23.6 Å². The molecule has 0 saturated carbocycles. The number of carbonyl (C=O) groups is 1. The van der Waals surface area contributed by atoms with Gasteiger partial charge in [-0.15, -0.1) is 0 Å². The van der Waals surface area contributed by atoms with Gasteiger partial charge in [-0.2, -0.15) is 0 Å². The first-order chi connectivity index (χ1) is 8.97. The van der Waals surface area contributed by atoms with Crippen LogP contribution in [0.3, 0.4) is 0 Å². The molecule has 0 bridgehead atoms. The SMILES string of the molecule is Cc1ccc2c(c1)C(=O)CC1(CC(C)OC(C)C1)O2. The Morgan fingerprint density at radius 2 is 1.89 bits per heavy atom. The van der Waals surface area contributed by atoms with Gasteiger partial charge < -0.3 is 9.47 Å². The Labute approximate surface area is 113 Å². The van der Waals surface area contributed by atoms with Crippen molar-refractivity contribution < 1.29 is 14.3 Å². The van der Waals surface area contributed by atoms with Crippen molar-refractivity contribution in [1.29, 1.82) is 0 Å². The summed E-state index contributed by atoms with van der Waals surface area (Å²) < 4.78 is 12.0. The highest BCUT2D eigenvalue weighted by Gasteiger charge is 2.45. The van der Waals surface area contributed by atoms with Gasteiger partial charge in [0, 0.05) is 12.8 Å². The van der Waals surface area contributed by atoms with Crippen LogP contribution in [0.2, 0.25) is 0 Å². The fourth-order valence-corrected chi connectivity index (χ4v) is 3.46. The molecule has 2 unspecified atom stereocenters. The molecule has 19 heavy (non-hydrogen) atoms. The Morgan fingerprint density at radius 1 is 1.21 bits per heavy atom. The number of Topliss-reactive ketones (excluding diaryl/α,β-unsaturated/α-hetero) is 1. The molecule has 3 nitrogen and oxygen atoms in total. The summed E-state index contributed by atoms with van der Waals surface area (Å²) in [5.74, 6) is 0.939. The van der Waals surface area contributed by atoms with Gasteiger partial charge in [0.25, 0.3) is 0 Å². The predicted molar refractivity (Wildman–Crippen MR) is 72.7 cm³/mol. The highest BCUT2D eigenvalue weighted by Crippen LogP contribution is 2.42. The summed E-state index contributed by atoms with van der Waals surface area (Å²) in [6.45, 7) is 6.10. The number of fused-ring (bicyclic) bond motifs is 1. The van der Waals surface area contributed by atoms with Crippen molar-refractivity contribution >= 4 is 5.78 Å². The van der Waals surface area contributed by atoms with E-state index in [2.05, 4.69) is 13.8 Å². The summed E-state index contributed by atoms with van der Waals surface area (Å²) in [6.07, 6.45) is 2.33. The maximum Gasteiger partial charge on any atom is 0.170 e. The summed E-state index contributed by atoms with van der Waals surface area (Å²) in [7, 11) is 0. The molecule has 3 rings (SSSR count). The van der Waals surface area contributed by atoms with Gasteiger partial charge in [0.1, 0.15) is 11.4 Å². The van der Waals surface area contributed by atoms with Gasteiger partial charge in [-0.05, 0) is 32.9 Å². The minimum absolute atomic E-state index is 0.142. The van der Waals surface area contributed by atoms with Crippen LogP contribution in [0.4, 0.5) is 0 Å². The molecule has 1 aromatic carbocycles. The van der Waals surface area contributed by atoms with Gasteiger partial charge in [0.05, 0.1) is 24.2 Å². The lowest BCUT2D eigenvalue weighted by Crippen LogP contribution is -2.50. The van der Waals surface area contributed by atoms with Gasteiger partial charge in [0.15, 0.2) is 5.78 Å². The molecule has 0 aromatic heterocycles. The van der Waals surface area contributed by atoms with E-state index in [1.54, 1.807) is 0 Å². The van der Waals surface area contributed by atoms with E-state index in [4.69, 9.17) is 9.47 Å². The zero-order chi connectivity index (χ0) is 13.6. The van der Waals surface area contributed by atoms with E-state index in [1.165, 1.54) is 0 Å². The minimum Gasteiger partial charge on any atom is -0.486 e. The first-order valence-electron chi connectivity index (χ1n) is 6.96. The number of aryl methyl sites for hydroxylation is 1. The molecule has 0 radical (unpaired) electrons. The normalized spacial score (nSPS) is 33.9. The Morgan fingerprint density at radius 3 is 2.58 bits per heavy atom. The second-order valence-corrected chi connectivity index (χ2v) is 6.05. The lowest BCUT2D eigenvalue weighted by molar-refractivity contribution is -0.120. The maximum absolute atomic E-state index is 12.4. The molecule has 1 aromatic rings. The van der Waals surface area contributed by atoms with Crippen molar-refractivity contribution in [2.45, 2.75) is 57.8 Å². The summed E-state index contributed by atoms with van der Waals surface area (Å²) in [5.41, 5.74) is 1.47. The van der Waals surface area contributed by atoms with Gasteiger partial charge in [-0.25, -0.2) is 0 Å². The van der Waals surface area contributed by atoms with Gasteiger partial charge >= 0.3 is 0 Å². The van der Waals surface area contributed by atoms with E-state index >= 15 is 0 Å². The average molecular weight is 260 g/mol. The first kappa shape index (κ1) is 12.7. The van der Waals surface area contributed by atoms with Gasteiger partial charge in [-0.1, -0.05) is 11.6 Å². The molecule has 1 fully saturated rings. The quantitative estimate of drug-likeness (QED) is 0.718. The molecule has 2 aliphatic rings. The number of rotatable bonds is 0. The van der Waals surface area contributed by atoms with E-state index in [0.29, 0.717) is 6.42 Å². The number of benzene rings is 1. The van der Waals surface area contributed by atoms with Crippen LogP contribution in [0.1, 0.15) is 49.0 Å². The third kappa shape index (κ3) is 2.27. The molecule has 0 aliphatic carbocycles. The summed E-state index contributed by atoms with van der Waals surface area (Å²) in [6, 6.07) is 5.85. The highest BCUT2D eigenvalue weighted by atomic mass is 16.5. The van der Waals surface area contributed by atoms with Crippen LogP contribution in [0.15, 0.2) is 18.2 Å². The largest absolute Gasteiger partial charge is 0.486 e. The van der Waals surface area contributed by atoms with Crippen LogP contribution in [-0.2, 0) is 4.74 Å². The molecule has 2 aliphatic heterocycles. The molecule has 1 saturated heterocycles. The molecule has 2 atom stereocenters. The van der Waals surface area contributed by atoms with Crippen molar-refractivity contribution in [1.82, 2.24) is 0 Å². The minimum atomic E-state index is -0.365. The molecule has 0 amide bonds. The van der Waals surface area contributed by atoms with Crippen LogP contribution >= 0.6 is 0 Å². The maximum atomic E-state index is 12.4. The summed E-state index contributed by atoms with van der Waals surface area (Å²) >= 11 is 0. The molecule has 102 valence electrons. The molecular formula is C16H20O3. The van der Waals surface area contributed by atoms with Crippen LogP contribution in [0.5, 0.6) is 5.75 Å². The van der Waals surface area contributed by atoms with Gasteiger partial charge in [-0.3, -0.25) is 4.79 Å². The third-order valence-electron chi connectivity index (χ3n) is 4.03. The number of carbonyl (C=O) groups excluding carboxylic acids is 1. The number of hydrogen-bond acceptors (Lipinski definition) is 3. The smallest absolute Gasteiger partial charge is 0.170 e. The molecular weight excluding hydrogens is 240 g/mol. The second kappa shape index (κ2) is 4.34. The highest BCUT2D eigenvalue weighted by molar-refractivity contribution is 6.00. The monoisotopic (exact) mass is 260 g/mol. The van der Waals surface area contributed by atoms with Crippen LogP contribution < -0.4 is 4.74 Å². The standard InChI is InChI=1S/C16H20O3/c1-10-4-5-15-13(6-10)14(17)9-16(19-15)7-11(2)18-12(3)8-16/h4-6,11-12H,7-9H2,1-3H3. The van der Waals surface area contributed by atoms with Crippen LogP contribution in [0, 0.1) is 6.92 Å². The second-order valence-electron chi connectivity index (χ2n) is 6.05. The van der Waals surface area contributed by atoms with Crippen molar-refractivity contribution in [2.75, 3.05) is 0 Å². The topological polar surface area (TPSA) is 35.5 Å². The van der Waals surface area contributed by atoms with Crippen molar-refractivity contribution in [3.8, 4) is 5.75 Å². The number of hydrogen-bond donors (Lipinski definition) is 0. The van der Waals surface area contributed by atoms with Crippen LogP contribution in [0.25, 0.3) is 0 Å². The fourth-order valence-electron chi connectivity index (χ4n) is 3.46.